The average Bonchev–Trinajstić information content (AvgIpc) is 2.87. The van der Waals surface area contributed by atoms with Crippen LogP contribution in [0.3, 0.4) is 0 Å². The van der Waals surface area contributed by atoms with E-state index in [1.807, 2.05) is 42.7 Å². The summed E-state index contributed by atoms with van der Waals surface area (Å²) in [6.07, 6.45) is -4.45. The number of carbonyl (C=O) groups excluding carboxylic acids is 1. The standard InChI is InChI=1S/C19H17F3N2O/c1-3-24-16-10-5-4-9-15(16)12(2)17(24)18(25)23-14-8-6-7-13(11-14)19(20,21)22/h4-11H,3H2,1-2H3,(H,23,25). The van der Waals surface area contributed by atoms with Crippen molar-refractivity contribution in [2.24, 2.45) is 0 Å². The molecule has 0 fully saturated rings. The van der Waals surface area contributed by atoms with Crippen molar-refractivity contribution < 1.29 is 18.0 Å². The highest BCUT2D eigenvalue weighted by Gasteiger charge is 2.30. The van der Waals surface area contributed by atoms with Crippen molar-refractivity contribution in [1.29, 1.82) is 0 Å². The van der Waals surface area contributed by atoms with Gasteiger partial charge in [-0.1, -0.05) is 24.3 Å². The Morgan fingerprint density at radius 3 is 2.52 bits per heavy atom. The number of alkyl halides is 3. The quantitative estimate of drug-likeness (QED) is 0.691. The number of nitrogens with one attached hydrogen (secondary N) is 1. The molecule has 0 saturated heterocycles. The summed E-state index contributed by atoms with van der Waals surface area (Å²) in [6, 6.07) is 12.3. The molecule has 25 heavy (non-hydrogen) atoms. The Kier molecular flexibility index (Phi) is 4.29. The average molecular weight is 346 g/mol. The molecule has 130 valence electrons. The van der Waals surface area contributed by atoms with Gasteiger partial charge in [0.2, 0.25) is 0 Å². The third-order valence-electron chi connectivity index (χ3n) is 4.20. The fourth-order valence-electron chi connectivity index (χ4n) is 3.06. The summed E-state index contributed by atoms with van der Waals surface area (Å²) in [5, 5.41) is 3.54. The van der Waals surface area contributed by atoms with Gasteiger partial charge in [-0.3, -0.25) is 4.79 Å². The lowest BCUT2D eigenvalue weighted by Crippen LogP contribution is -2.18. The van der Waals surface area contributed by atoms with E-state index in [0.29, 0.717) is 12.2 Å². The largest absolute Gasteiger partial charge is 0.416 e. The zero-order valence-electron chi connectivity index (χ0n) is 13.8. The fraction of sp³-hybridized carbons (Fsp3) is 0.211. The van der Waals surface area contributed by atoms with E-state index in [-0.39, 0.29) is 5.69 Å². The highest BCUT2D eigenvalue weighted by Crippen LogP contribution is 2.31. The maximum absolute atomic E-state index is 12.8. The van der Waals surface area contributed by atoms with Crippen LogP contribution in [0.5, 0.6) is 0 Å². The zero-order chi connectivity index (χ0) is 18.2. The smallest absolute Gasteiger partial charge is 0.337 e. The van der Waals surface area contributed by atoms with E-state index in [2.05, 4.69) is 5.32 Å². The number of benzene rings is 2. The first kappa shape index (κ1) is 17.1. The number of aromatic nitrogens is 1. The lowest BCUT2D eigenvalue weighted by atomic mass is 10.1. The van der Waals surface area contributed by atoms with Crippen LogP contribution in [0.4, 0.5) is 18.9 Å². The van der Waals surface area contributed by atoms with Crippen LogP contribution in [0, 0.1) is 6.92 Å². The van der Waals surface area contributed by atoms with Gasteiger partial charge in [-0.05, 0) is 43.7 Å². The van der Waals surface area contributed by atoms with Crippen LogP contribution >= 0.6 is 0 Å². The Morgan fingerprint density at radius 1 is 1.12 bits per heavy atom. The summed E-state index contributed by atoms with van der Waals surface area (Å²) in [7, 11) is 0. The van der Waals surface area contributed by atoms with E-state index in [9.17, 15) is 18.0 Å². The molecule has 1 N–H and O–H groups in total. The fourth-order valence-corrected chi connectivity index (χ4v) is 3.06. The molecular weight excluding hydrogens is 329 g/mol. The molecule has 1 amide bonds. The summed E-state index contributed by atoms with van der Waals surface area (Å²) < 4.78 is 40.4. The number of anilines is 1. The Balaban J connectivity index is 2.00. The number of rotatable bonds is 3. The number of para-hydroxylation sites is 1. The number of halogens is 3. The maximum atomic E-state index is 12.8. The van der Waals surface area contributed by atoms with E-state index in [1.165, 1.54) is 12.1 Å². The van der Waals surface area contributed by atoms with Crippen molar-refractivity contribution in [3.05, 3.63) is 65.4 Å². The first-order valence-corrected chi connectivity index (χ1v) is 7.89. The lowest BCUT2D eigenvalue weighted by molar-refractivity contribution is -0.137. The second kappa shape index (κ2) is 6.27. The Morgan fingerprint density at radius 2 is 1.84 bits per heavy atom. The number of aryl methyl sites for hydroxylation is 2. The van der Waals surface area contributed by atoms with Gasteiger partial charge in [0.25, 0.3) is 5.91 Å². The molecule has 6 heteroatoms. The molecule has 0 aliphatic carbocycles. The van der Waals surface area contributed by atoms with Crippen LogP contribution in [0.1, 0.15) is 28.5 Å². The highest BCUT2D eigenvalue weighted by atomic mass is 19.4. The third-order valence-corrected chi connectivity index (χ3v) is 4.20. The first-order chi connectivity index (χ1) is 11.8. The molecule has 3 aromatic rings. The van der Waals surface area contributed by atoms with Crippen LogP contribution < -0.4 is 5.32 Å². The minimum atomic E-state index is -4.45. The third kappa shape index (κ3) is 3.12. The number of carbonyl (C=O) groups is 1. The molecule has 0 aliphatic rings. The van der Waals surface area contributed by atoms with Crippen LogP contribution in [0.2, 0.25) is 0 Å². The van der Waals surface area contributed by atoms with Crippen molar-refractivity contribution in [3.63, 3.8) is 0 Å². The minimum Gasteiger partial charge on any atom is -0.337 e. The van der Waals surface area contributed by atoms with E-state index < -0.39 is 17.6 Å². The van der Waals surface area contributed by atoms with Crippen LogP contribution in [-0.2, 0) is 12.7 Å². The van der Waals surface area contributed by atoms with E-state index in [0.717, 1.165) is 28.6 Å². The first-order valence-electron chi connectivity index (χ1n) is 7.89. The van der Waals surface area contributed by atoms with Gasteiger partial charge < -0.3 is 9.88 Å². The molecule has 1 heterocycles. The molecule has 0 spiro atoms. The summed E-state index contributed by atoms with van der Waals surface area (Å²) in [4.78, 5) is 12.7. The molecule has 2 aromatic carbocycles. The molecule has 0 atom stereocenters. The van der Waals surface area contributed by atoms with Crippen LogP contribution in [0.15, 0.2) is 48.5 Å². The molecule has 3 rings (SSSR count). The van der Waals surface area contributed by atoms with Crippen molar-refractivity contribution in [2.45, 2.75) is 26.6 Å². The minimum absolute atomic E-state index is 0.118. The van der Waals surface area contributed by atoms with E-state index >= 15 is 0 Å². The van der Waals surface area contributed by atoms with Crippen molar-refractivity contribution >= 4 is 22.5 Å². The van der Waals surface area contributed by atoms with Crippen LogP contribution in [0.25, 0.3) is 10.9 Å². The van der Waals surface area contributed by atoms with Gasteiger partial charge in [-0.15, -0.1) is 0 Å². The molecule has 0 unspecified atom stereocenters. The summed E-state index contributed by atoms with van der Waals surface area (Å²) in [5.74, 6) is -0.421. The van der Waals surface area contributed by atoms with Gasteiger partial charge in [0.05, 0.1) is 5.56 Å². The Labute approximate surface area is 143 Å². The second-order valence-electron chi connectivity index (χ2n) is 5.77. The zero-order valence-corrected chi connectivity index (χ0v) is 13.8. The molecule has 0 saturated carbocycles. The Hall–Kier alpha value is -2.76. The molecule has 0 aliphatic heterocycles. The normalized spacial score (nSPS) is 11.7. The topological polar surface area (TPSA) is 34.0 Å². The van der Waals surface area contributed by atoms with Crippen LogP contribution in [-0.4, -0.2) is 10.5 Å². The van der Waals surface area contributed by atoms with Gasteiger partial charge in [0.1, 0.15) is 5.69 Å². The molecular formula is C19H17F3N2O. The number of fused-ring (bicyclic) bond motifs is 1. The van der Waals surface area contributed by atoms with Gasteiger partial charge in [-0.2, -0.15) is 13.2 Å². The summed E-state index contributed by atoms with van der Waals surface area (Å²) in [5.41, 5.74) is 1.52. The van der Waals surface area contributed by atoms with Crippen molar-refractivity contribution in [3.8, 4) is 0 Å². The molecule has 0 radical (unpaired) electrons. The predicted molar refractivity (Wildman–Crippen MR) is 91.7 cm³/mol. The Bertz CT molecular complexity index is 941. The van der Waals surface area contributed by atoms with E-state index in [4.69, 9.17) is 0 Å². The number of nitrogens with zero attached hydrogens (tertiary/aromatic N) is 1. The number of amides is 1. The number of hydrogen-bond acceptors (Lipinski definition) is 1. The predicted octanol–water partition coefficient (Wildman–Crippen LogP) is 5.24. The van der Waals surface area contributed by atoms with Gasteiger partial charge in [-0.25, -0.2) is 0 Å². The highest BCUT2D eigenvalue weighted by molar-refractivity contribution is 6.08. The SMILES string of the molecule is CCn1c(C(=O)Nc2cccc(C(F)(F)F)c2)c(C)c2ccccc21. The second-order valence-corrected chi connectivity index (χ2v) is 5.77. The summed E-state index contributed by atoms with van der Waals surface area (Å²) >= 11 is 0. The number of hydrogen-bond donors (Lipinski definition) is 1. The maximum Gasteiger partial charge on any atom is 0.416 e. The molecule has 3 nitrogen and oxygen atoms in total. The molecule has 1 aromatic heterocycles. The molecule has 0 bridgehead atoms. The lowest BCUT2D eigenvalue weighted by Gasteiger charge is -2.12. The summed E-state index contributed by atoms with van der Waals surface area (Å²) in [6.45, 7) is 4.35. The van der Waals surface area contributed by atoms with Crippen molar-refractivity contribution in [1.82, 2.24) is 4.57 Å². The van der Waals surface area contributed by atoms with Crippen molar-refractivity contribution in [2.75, 3.05) is 5.32 Å². The van der Waals surface area contributed by atoms with Gasteiger partial charge in [0.15, 0.2) is 0 Å². The van der Waals surface area contributed by atoms with Gasteiger partial charge >= 0.3 is 6.18 Å². The monoisotopic (exact) mass is 346 g/mol. The van der Waals surface area contributed by atoms with E-state index in [1.54, 1.807) is 0 Å². The van der Waals surface area contributed by atoms with Gasteiger partial charge in [0, 0.05) is 23.1 Å².